The van der Waals surface area contributed by atoms with E-state index in [1.54, 1.807) is 0 Å². The zero-order valence-electron chi connectivity index (χ0n) is 17.8. The lowest BCUT2D eigenvalue weighted by atomic mass is 10.1. The molecule has 1 amide bonds. The van der Waals surface area contributed by atoms with E-state index in [1.807, 2.05) is 20.8 Å². The minimum absolute atomic E-state index is 0.0455. The van der Waals surface area contributed by atoms with Crippen LogP contribution in [0.3, 0.4) is 0 Å². The Morgan fingerprint density at radius 2 is 2.00 bits per heavy atom. The van der Waals surface area contributed by atoms with Gasteiger partial charge in [-0.1, -0.05) is 12.1 Å². The molecule has 28 heavy (non-hydrogen) atoms. The van der Waals surface area contributed by atoms with Gasteiger partial charge in [0, 0.05) is 31.1 Å². The van der Waals surface area contributed by atoms with Crippen LogP contribution in [-0.2, 0) is 11.3 Å². The van der Waals surface area contributed by atoms with E-state index < -0.39 is 0 Å². The quantitative estimate of drug-likeness (QED) is 0.448. The van der Waals surface area contributed by atoms with Crippen LogP contribution >= 0.6 is 0 Å². The van der Waals surface area contributed by atoms with Crippen molar-refractivity contribution in [2.24, 2.45) is 4.99 Å². The SMILES string of the molecule is CCNC(=NCc1ccc(C)cc1OC1CCCC1)NCCC(=O)NC(C)C. The van der Waals surface area contributed by atoms with Gasteiger partial charge in [-0.3, -0.25) is 4.79 Å². The smallest absolute Gasteiger partial charge is 0.221 e. The van der Waals surface area contributed by atoms with Gasteiger partial charge in [0.05, 0.1) is 12.6 Å². The van der Waals surface area contributed by atoms with Gasteiger partial charge >= 0.3 is 0 Å². The fourth-order valence-electron chi connectivity index (χ4n) is 3.28. The predicted octanol–water partition coefficient (Wildman–Crippen LogP) is 3.29. The molecule has 2 rings (SSSR count). The van der Waals surface area contributed by atoms with Crippen LogP contribution in [0.2, 0.25) is 0 Å². The highest BCUT2D eigenvalue weighted by Crippen LogP contribution is 2.28. The number of nitrogens with zero attached hydrogens (tertiary/aromatic N) is 1. The summed E-state index contributed by atoms with van der Waals surface area (Å²) in [6.07, 6.45) is 5.53. The van der Waals surface area contributed by atoms with Gasteiger partial charge in [0.25, 0.3) is 0 Å². The highest BCUT2D eigenvalue weighted by molar-refractivity contribution is 5.81. The lowest BCUT2D eigenvalue weighted by Gasteiger charge is -2.17. The van der Waals surface area contributed by atoms with Crippen LogP contribution in [0.4, 0.5) is 0 Å². The second-order valence-electron chi connectivity index (χ2n) is 7.73. The van der Waals surface area contributed by atoms with Crippen molar-refractivity contribution in [1.82, 2.24) is 16.0 Å². The first-order valence-corrected chi connectivity index (χ1v) is 10.6. The minimum Gasteiger partial charge on any atom is -0.490 e. The van der Waals surface area contributed by atoms with Crippen LogP contribution in [0.25, 0.3) is 0 Å². The van der Waals surface area contributed by atoms with Crippen LogP contribution in [0.15, 0.2) is 23.2 Å². The van der Waals surface area contributed by atoms with Crippen molar-refractivity contribution in [1.29, 1.82) is 0 Å². The summed E-state index contributed by atoms with van der Waals surface area (Å²) in [5.74, 6) is 1.71. The molecule has 3 N–H and O–H groups in total. The van der Waals surface area contributed by atoms with Gasteiger partial charge in [-0.15, -0.1) is 0 Å². The molecule has 0 spiro atoms. The molecule has 0 aromatic heterocycles. The van der Waals surface area contributed by atoms with Gasteiger partial charge in [0.2, 0.25) is 5.91 Å². The number of ether oxygens (including phenoxy) is 1. The third-order valence-corrected chi connectivity index (χ3v) is 4.66. The van der Waals surface area contributed by atoms with E-state index in [0.717, 1.165) is 30.7 Å². The zero-order chi connectivity index (χ0) is 20.4. The molecule has 6 heteroatoms. The number of carbonyl (C=O) groups excluding carboxylic acids is 1. The molecule has 0 bridgehead atoms. The van der Waals surface area contributed by atoms with E-state index in [9.17, 15) is 4.79 Å². The van der Waals surface area contributed by atoms with Gasteiger partial charge < -0.3 is 20.7 Å². The van der Waals surface area contributed by atoms with Crippen molar-refractivity contribution in [3.8, 4) is 5.75 Å². The van der Waals surface area contributed by atoms with E-state index in [2.05, 4.69) is 46.1 Å². The number of guanidine groups is 1. The summed E-state index contributed by atoms with van der Waals surface area (Å²) >= 11 is 0. The Morgan fingerprint density at radius 3 is 2.68 bits per heavy atom. The first-order chi connectivity index (χ1) is 13.5. The number of hydrogen-bond donors (Lipinski definition) is 3. The molecule has 1 aromatic carbocycles. The van der Waals surface area contributed by atoms with Crippen LogP contribution in [0.1, 0.15) is 64.0 Å². The van der Waals surface area contributed by atoms with E-state index in [1.165, 1.54) is 18.4 Å². The number of carbonyl (C=O) groups is 1. The van der Waals surface area contributed by atoms with Crippen LogP contribution in [-0.4, -0.2) is 37.1 Å². The number of aryl methyl sites for hydroxylation is 1. The monoisotopic (exact) mass is 388 g/mol. The largest absolute Gasteiger partial charge is 0.490 e. The Hall–Kier alpha value is -2.24. The topological polar surface area (TPSA) is 74.8 Å². The van der Waals surface area contributed by atoms with Crippen LogP contribution in [0, 0.1) is 6.92 Å². The lowest BCUT2D eigenvalue weighted by Crippen LogP contribution is -2.40. The van der Waals surface area contributed by atoms with E-state index in [-0.39, 0.29) is 11.9 Å². The van der Waals surface area contributed by atoms with Gasteiger partial charge in [-0.2, -0.15) is 0 Å². The fourth-order valence-corrected chi connectivity index (χ4v) is 3.28. The maximum atomic E-state index is 11.8. The minimum atomic E-state index is 0.0455. The maximum Gasteiger partial charge on any atom is 0.221 e. The summed E-state index contributed by atoms with van der Waals surface area (Å²) < 4.78 is 6.27. The van der Waals surface area contributed by atoms with E-state index in [0.29, 0.717) is 31.6 Å². The number of rotatable bonds is 9. The van der Waals surface area contributed by atoms with Gasteiger partial charge in [0.1, 0.15) is 5.75 Å². The summed E-state index contributed by atoms with van der Waals surface area (Å²) in [5, 5.41) is 9.37. The Kier molecular flexibility index (Phi) is 9.11. The van der Waals surface area contributed by atoms with Crippen molar-refractivity contribution in [3.05, 3.63) is 29.3 Å². The van der Waals surface area contributed by atoms with Crippen molar-refractivity contribution in [2.75, 3.05) is 13.1 Å². The molecule has 1 aromatic rings. The Morgan fingerprint density at radius 1 is 1.25 bits per heavy atom. The van der Waals surface area contributed by atoms with Crippen LogP contribution in [0.5, 0.6) is 5.75 Å². The third-order valence-electron chi connectivity index (χ3n) is 4.66. The molecular weight excluding hydrogens is 352 g/mol. The van der Waals surface area contributed by atoms with Crippen molar-refractivity contribution < 1.29 is 9.53 Å². The molecule has 0 heterocycles. The van der Waals surface area contributed by atoms with Gasteiger partial charge in [-0.25, -0.2) is 4.99 Å². The number of hydrogen-bond acceptors (Lipinski definition) is 3. The second-order valence-corrected chi connectivity index (χ2v) is 7.73. The molecule has 1 aliphatic rings. The molecule has 0 atom stereocenters. The fraction of sp³-hybridized carbons (Fsp3) is 0.636. The normalized spacial score (nSPS) is 15.0. The predicted molar refractivity (Wildman–Crippen MR) is 115 cm³/mol. The van der Waals surface area contributed by atoms with E-state index in [4.69, 9.17) is 4.74 Å². The number of amides is 1. The Balaban J connectivity index is 1.96. The molecule has 0 unspecified atom stereocenters. The molecule has 0 saturated heterocycles. The Labute approximate surface area is 169 Å². The summed E-state index contributed by atoms with van der Waals surface area (Å²) in [4.78, 5) is 16.5. The average molecular weight is 389 g/mol. The van der Waals surface area contributed by atoms with Gasteiger partial charge in [0.15, 0.2) is 5.96 Å². The highest BCUT2D eigenvalue weighted by Gasteiger charge is 2.18. The molecule has 156 valence electrons. The molecule has 1 fully saturated rings. The summed E-state index contributed by atoms with van der Waals surface area (Å²) in [7, 11) is 0. The van der Waals surface area contributed by atoms with Crippen LogP contribution < -0.4 is 20.7 Å². The standard InChI is InChI=1S/C22H36N4O2/c1-5-23-22(24-13-12-21(27)26-16(2)3)25-15-18-11-10-17(4)14-20(18)28-19-8-6-7-9-19/h10-11,14,16,19H,5-9,12-13,15H2,1-4H3,(H,26,27)(H2,23,24,25). The second kappa shape index (κ2) is 11.6. The summed E-state index contributed by atoms with van der Waals surface area (Å²) in [6.45, 7) is 9.89. The van der Waals surface area contributed by atoms with E-state index >= 15 is 0 Å². The number of benzene rings is 1. The first kappa shape index (κ1) is 22.1. The summed E-state index contributed by atoms with van der Waals surface area (Å²) in [5.41, 5.74) is 2.29. The summed E-state index contributed by atoms with van der Waals surface area (Å²) in [6, 6.07) is 6.47. The lowest BCUT2D eigenvalue weighted by molar-refractivity contribution is -0.121. The third kappa shape index (κ3) is 7.79. The average Bonchev–Trinajstić information content (AvgIpc) is 3.13. The highest BCUT2D eigenvalue weighted by atomic mass is 16.5. The van der Waals surface area contributed by atoms with Gasteiger partial charge in [-0.05, 0) is 65.0 Å². The molecular formula is C22H36N4O2. The zero-order valence-corrected chi connectivity index (χ0v) is 17.8. The molecule has 0 aliphatic heterocycles. The molecule has 1 saturated carbocycles. The number of aliphatic imine (C=N–C) groups is 1. The molecule has 6 nitrogen and oxygen atoms in total. The molecule has 0 radical (unpaired) electrons. The first-order valence-electron chi connectivity index (χ1n) is 10.6. The van der Waals surface area contributed by atoms with Crippen molar-refractivity contribution in [2.45, 2.75) is 78.5 Å². The van der Waals surface area contributed by atoms with Crippen molar-refractivity contribution in [3.63, 3.8) is 0 Å². The van der Waals surface area contributed by atoms with Crippen molar-refractivity contribution >= 4 is 11.9 Å². The number of nitrogens with one attached hydrogen (secondary N) is 3. The maximum absolute atomic E-state index is 11.8. The Bertz CT molecular complexity index is 652. The molecule has 1 aliphatic carbocycles.